The molecule has 29 heavy (non-hydrogen) atoms. The van der Waals surface area contributed by atoms with Gasteiger partial charge in [-0.15, -0.1) is 0 Å². The third-order valence-electron chi connectivity index (χ3n) is 4.60. The van der Waals surface area contributed by atoms with Crippen LogP contribution in [-0.2, 0) is 17.4 Å². The normalized spacial score (nSPS) is 13.8. The highest BCUT2D eigenvalue weighted by atomic mass is 19.4. The van der Waals surface area contributed by atoms with Crippen molar-refractivity contribution in [2.45, 2.75) is 32.4 Å². The second-order valence-corrected chi connectivity index (χ2v) is 6.76. The summed E-state index contributed by atoms with van der Waals surface area (Å²) in [6.07, 6.45) is -3.15. The van der Waals surface area contributed by atoms with Gasteiger partial charge in [0.25, 0.3) is 5.91 Å². The SMILES string of the molecule is COc1c(Cc2c(C)nc(NC(=O)C3CC3)nc2C(N)=O)cccc1C(F)(F)F. The van der Waals surface area contributed by atoms with Gasteiger partial charge in [0.15, 0.2) is 0 Å². The van der Waals surface area contributed by atoms with E-state index in [0.29, 0.717) is 5.69 Å². The van der Waals surface area contributed by atoms with Gasteiger partial charge in [-0.3, -0.25) is 14.9 Å². The number of alkyl halides is 3. The Hall–Kier alpha value is -3.17. The van der Waals surface area contributed by atoms with Gasteiger partial charge in [0.2, 0.25) is 11.9 Å². The van der Waals surface area contributed by atoms with E-state index in [2.05, 4.69) is 15.3 Å². The van der Waals surface area contributed by atoms with Gasteiger partial charge in [-0.25, -0.2) is 9.97 Å². The number of hydrogen-bond donors (Lipinski definition) is 2. The van der Waals surface area contributed by atoms with E-state index in [1.54, 1.807) is 6.92 Å². The minimum absolute atomic E-state index is 0.0621. The summed E-state index contributed by atoms with van der Waals surface area (Å²) in [5.41, 5.74) is 5.12. The summed E-state index contributed by atoms with van der Waals surface area (Å²) >= 11 is 0. The quantitative estimate of drug-likeness (QED) is 0.764. The Morgan fingerprint density at radius 3 is 2.52 bits per heavy atom. The van der Waals surface area contributed by atoms with Crippen LogP contribution >= 0.6 is 0 Å². The molecule has 3 N–H and O–H groups in total. The number of aromatic nitrogens is 2. The Balaban J connectivity index is 2.01. The number of hydrogen-bond acceptors (Lipinski definition) is 5. The van der Waals surface area contributed by atoms with Crippen molar-refractivity contribution in [2.75, 3.05) is 12.4 Å². The van der Waals surface area contributed by atoms with Crippen molar-refractivity contribution < 1.29 is 27.5 Å². The van der Waals surface area contributed by atoms with Crippen molar-refractivity contribution in [1.29, 1.82) is 0 Å². The summed E-state index contributed by atoms with van der Waals surface area (Å²) in [5, 5.41) is 2.54. The fourth-order valence-corrected chi connectivity index (χ4v) is 3.00. The Morgan fingerprint density at radius 2 is 1.97 bits per heavy atom. The van der Waals surface area contributed by atoms with E-state index >= 15 is 0 Å². The number of nitrogens with one attached hydrogen (secondary N) is 1. The molecule has 7 nitrogen and oxygen atoms in total. The van der Waals surface area contributed by atoms with Gasteiger partial charge in [-0.2, -0.15) is 13.2 Å². The molecule has 0 unspecified atom stereocenters. The molecule has 1 fully saturated rings. The highest BCUT2D eigenvalue weighted by Gasteiger charge is 2.35. The Labute approximate surface area is 164 Å². The van der Waals surface area contributed by atoms with Crippen molar-refractivity contribution >= 4 is 17.8 Å². The Kier molecular flexibility index (Phi) is 5.45. The molecular formula is C19H19F3N4O3. The zero-order valence-corrected chi connectivity index (χ0v) is 15.8. The first-order valence-electron chi connectivity index (χ1n) is 8.83. The molecule has 1 aromatic heterocycles. The number of amides is 2. The van der Waals surface area contributed by atoms with E-state index in [1.165, 1.54) is 12.1 Å². The molecule has 0 radical (unpaired) electrons. The van der Waals surface area contributed by atoms with Crippen molar-refractivity contribution in [3.05, 3.63) is 46.3 Å². The molecule has 10 heteroatoms. The number of rotatable bonds is 6. The number of primary amides is 1. The van der Waals surface area contributed by atoms with Crippen LogP contribution in [-0.4, -0.2) is 28.9 Å². The van der Waals surface area contributed by atoms with Crippen LogP contribution in [0.3, 0.4) is 0 Å². The molecule has 2 amide bonds. The summed E-state index contributed by atoms with van der Waals surface area (Å²) < 4.78 is 44.8. The van der Waals surface area contributed by atoms with Gasteiger partial charge >= 0.3 is 6.18 Å². The van der Waals surface area contributed by atoms with Gasteiger partial charge in [-0.05, 0) is 31.4 Å². The van der Waals surface area contributed by atoms with E-state index in [9.17, 15) is 22.8 Å². The van der Waals surface area contributed by atoms with Crippen molar-refractivity contribution in [1.82, 2.24) is 9.97 Å². The molecule has 0 spiro atoms. The number of anilines is 1. The molecule has 1 saturated carbocycles. The highest BCUT2D eigenvalue weighted by molar-refractivity contribution is 5.95. The monoisotopic (exact) mass is 408 g/mol. The fraction of sp³-hybridized carbons (Fsp3) is 0.368. The molecule has 0 atom stereocenters. The molecule has 154 valence electrons. The minimum Gasteiger partial charge on any atom is -0.496 e. The standard InChI is InChI=1S/C19H19F3N4O3/c1-9-12(8-11-4-3-5-13(15(11)29-2)19(20,21)22)14(16(23)27)25-18(24-9)26-17(28)10-6-7-10/h3-5,10H,6-8H2,1-2H3,(H2,23,27)(H,24,25,26,28). The van der Waals surface area contributed by atoms with E-state index in [1.807, 2.05) is 0 Å². The van der Waals surface area contributed by atoms with Gasteiger partial charge < -0.3 is 10.5 Å². The maximum atomic E-state index is 13.3. The lowest BCUT2D eigenvalue weighted by Gasteiger charge is -2.17. The summed E-state index contributed by atoms with van der Waals surface area (Å²) in [6, 6.07) is 3.63. The van der Waals surface area contributed by atoms with Crippen LogP contribution < -0.4 is 15.8 Å². The first-order chi connectivity index (χ1) is 13.6. The van der Waals surface area contributed by atoms with Crippen molar-refractivity contribution in [3.63, 3.8) is 0 Å². The van der Waals surface area contributed by atoms with Gasteiger partial charge in [0.1, 0.15) is 11.4 Å². The molecule has 0 bridgehead atoms. The molecule has 2 aromatic rings. The van der Waals surface area contributed by atoms with Crippen LogP contribution in [0.1, 0.15) is 45.7 Å². The van der Waals surface area contributed by atoms with Crippen LogP contribution in [0.15, 0.2) is 18.2 Å². The maximum Gasteiger partial charge on any atom is 0.419 e. The van der Waals surface area contributed by atoms with E-state index in [4.69, 9.17) is 10.5 Å². The number of carbonyl (C=O) groups excluding carboxylic acids is 2. The van der Waals surface area contributed by atoms with E-state index in [-0.39, 0.29) is 46.8 Å². The molecule has 0 saturated heterocycles. The average Bonchev–Trinajstić information content (AvgIpc) is 3.47. The summed E-state index contributed by atoms with van der Waals surface area (Å²) in [4.78, 5) is 32.1. The minimum atomic E-state index is -4.60. The van der Waals surface area contributed by atoms with Crippen molar-refractivity contribution in [2.24, 2.45) is 11.7 Å². The lowest BCUT2D eigenvalue weighted by molar-refractivity contribution is -0.138. The first-order valence-corrected chi connectivity index (χ1v) is 8.83. The number of aryl methyl sites for hydroxylation is 1. The molecule has 3 rings (SSSR count). The van der Waals surface area contributed by atoms with Crippen LogP contribution in [0.25, 0.3) is 0 Å². The second-order valence-electron chi connectivity index (χ2n) is 6.76. The average molecular weight is 408 g/mol. The predicted molar refractivity (Wildman–Crippen MR) is 97.4 cm³/mol. The van der Waals surface area contributed by atoms with Crippen LogP contribution in [0, 0.1) is 12.8 Å². The molecule has 1 aromatic carbocycles. The van der Waals surface area contributed by atoms with E-state index in [0.717, 1.165) is 26.0 Å². The molecule has 1 aliphatic carbocycles. The summed E-state index contributed by atoms with van der Waals surface area (Å²) in [5.74, 6) is -1.62. The number of benzene rings is 1. The van der Waals surface area contributed by atoms with Crippen LogP contribution in [0.4, 0.5) is 19.1 Å². The lowest BCUT2D eigenvalue weighted by Crippen LogP contribution is -2.22. The third kappa shape index (κ3) is 4.47. The molecular weight excluding hydrogens is 389 g/mol. The number of halogens is 3. The van der Waals surface area contributed by atoms with Gasteiger partial charge in [-0.1, -0.05) is 12.1 Å². The Morgan fingerprint density at radius 1 is 1.28 bits per heavy atom. The summed E-state index contributed by atoms with van der Waals surface area (Å²) in [7, 11) is 1.14. The third-order valence-corrected chi connectivity index (χ3v) is 4.60. The number of para-hydroxylation sites is 1. The number of nitrogens with zero attached hydrogens (tertiary/aromatic N) is 2. The number of ether oxygens (including phenoxy) is 1. The topological polar surface area (TPSA) is 107 Å². The zero-order valence-electron chi connectivity index (χ0n) is 15.8. The maximum absolute atomic E-state index is 13.3. The van der Waals surface area contributed by atoms with Crippen LogP contribution in [0.5, 0.6) is 5.75 Å². The van der Waals surface area contributed by atoms with Gasteiger partial charge in [0.05, 0.1) is 12.7 Å². The fourth-order valence-electron chi connectivity index (χ4n) is 3.00. The number of nitrogens with two attached hydrogens (primary N) is 1. The zero-order chi connectivity index (χ0) is 21.3. The summed E-state index contributed by atoms with van der Waals surface area (Å²) in [6.45, 7) is 1.57. The highest BCUT2D eigenvalue weighted by Crippen LogP contribution is 2.39. The van der Waals surface area contributed by atoms with Crippen molar-refractivity contribution in [3.8, 4) is 5.75 Å². The lowest BCUT2D eigenvalue weighted by atomic mass is 9.98. The van der Waals surface area contributed by atoms with Crippen LogP contribution in [0.2, 0.25) is 0 Å². The first kappa shape index (κ1) is 20.6. The van der Waals surface area contributed by atoms with Gasteiger partial charge in [0, 0.05) is 23.6 Å². The number of carbonyl (C=O) groups is 2. The second kappa shape index (κ2) is 7.69. The molecule has 0 aliphatic heterocycles. The number of methoxy groups -OCH3 is 1. The molecule has 1 heterocycles. The Bertz CT molecular complexity index is 972. The molecule has 1 aliphatic rings. The van der Waals surface area contributed by atoms with E-state index < -0.39 is 17.6 Å². The predicted octanol–water partition coefficient (Wildman–Crippen LogP) is 2.85. The smallest absolute Gasteiger partial charge is 0.419 e. The largest absolute Gasteiger partial charge is 0.496 e.